The van der Waals surface area contributed by atoms with Crippen LogP contribution in [0.25, 0.3) is 5.57 Å². The molecule has 0 bridgehead atoms. The second kappa shape index (κ2) is 8.35. The van der Waals surface area contributed by atoms with Gasteiger partial charge in [0.25, 0.3) is 0 Å². The first-order valence-electron chi connectivity index (χ1n) is 8.65. The Bertz CT molecular complexity index is 1110. The van der Waals surface area contributed by atoms with Crippen LogP contribution >= 0.6 is 22.9 Å². The van der Waals surface area contributed by atoms with Gasteiger partial charge >= 0.3 is 0 Å². The van der Waals surface area contributed by atoms with E-state index in [1.165, 1.54) is 35.3 Å². The molecule has 1 aliphatic heterocycles. The van der Waals surface area contributed by atoms with Crippen molar-refractivity contribution < 1.29 is 22.4 Å². The Hall–Kier alpha value is -2.07. The molecule has 1 unspecified atom stereocenters. The predicted octanol–water partition coefficient (Wildman–Crippen LogP) is 3.83. The molecule has 154 valence electrons. The van der Waals surface area contributed by atoms with Gasteiger partial charge in [-0.25, -0.2) is 12.8 Å². The van der Waals surface area contributed by atoms with Crippen molar-refractivity contribution in [2.45, 2.75) is 26.3 Å². The number of anilines is 1. The van der Waals surface area contributed by atoms with E-state index in [2.05, 4.69) is 4.72 Å². The highest BCUT2D eigenvalue weighted by Crippen LogP contribution is 2.29. The summed E-state index contributed by atoms with van der Waals surface area (Å²) >= 11 is 7.12. The fourth-order valence-corrected chi connectivity index (χ4v) is 5.39. The first-order chi connectivity index (χ1) is 13.6. The van der Waals surface area contributed by atoms with Gasteiger partial charge in [-0.05, 0) is 56.2 Å². The highest BCUT2D eigenvalue weighted by atomic mass is 35.5. The van der Waals surface area contributed by atoms with E-state index in [4.69, 9.17) is 11.6 Å². The van der Waals surface area contributed by atoms with Crippen LogP contribution in [0.1, 0.15) is 35.5 Å². The maximum absolute atomic E-state index is 14.4. The molecule has 1 atom stereocenters. The van der Waals surface area contributed by atoms with Gasteiger partial charge in [0.1, 0.15) is 11.9 Å². The van der Waals surface area contributed by atoms with E-state index in [-0.39, 0.29) is 30.0 Å². The molecule has 1 amide bonds. The molecule has 1 aliphatic rings. The van der Waals surface area contributed by atoms with Gasteiger partial charge in [0.15, 0.2) is 5.78 Å². The molecular weight excluding hydrogens is 439 g/mol. The second-order valence-electron chi connectivity index (χ2n) is 6.62. The van der Waals surface area contributed by atoms with Crippen molar-refractivity contribution in [1.29, 1.82) is 0 Å². The van der Waals surface area contributed by atoms with Gasteiger partial charge in [-0.1, -0.05) is 11.6 Å². The third-order valence-electron chi connectivity index (χ3n) is 4.45. The van der Waals surface area contributed by atoms with Crippen LogP contribution in [-0.2, 0) is 14.8 Å². The van der Waals surface area contributed by atoms with Crippen molar-refractivity contribution in [2.75, 3.05) is 11.4 Å². The minimum Gasteiger partial charge on any atom is -0.308 e. The van der Waals surface area contributed by atoms with Crippen molar-refractivity contribution in [2.24, 2.45) is 0 Å². The van der Waals surface area contributed by atoms with E-state index in [0.29, 0.717) is 14.8 Å². The van der Waals surface area contributed by atoms with Crippen LogP contribution in [0.5, 0.6) is 0 Å². The highest BCUT2D eigenvalue weighted by Gasteiger charge is 2.36. The summed E-state index contributed by atoms with van der Waals surface area (Å²) in [7, 11) is -3.90. The van der Waals surface area contributed by atoms with Gasteiger partial charge in [-0.3, -0.25) is 9.59 Å². The van der Waals surface area contributed by atoms with E-state index < -0.39 is 27.8 Å². The third kappa shape index (κ3) is 4.92. The highest BCUT2D eigenvalue weighted by molar-refractivity contribution is 7.92. The van der Waals surface area contributed by atoms with Gasteiger partial charge in [-0.2, -0.15) is 4.72 Å². The zero-order valence-corrected chi connectivity index (χ0v) is 18.0. The van der Waals surface area contributed by atoms with E-state index in [1.807, 2.05) is 0 Å². The first-order valence-corrected chi connectivity index (χ1v) is 11.4. The lowest BCUT2D eigenvalue weighted by atomic mass is 10.1. The topological polar surface area (TPSA) is 83.6 Å². The molecule has 2 aromatic rings. The fourth-order valence-electron chi connectivity index (χ4n) is 3.02. The van der Waals surface area contributed by atoms with Crippen LogP contribution in [0, 0.1) is 5.82 Å². The minimum atomic E-state index is -3.90. The molecule has 1 saturated heterocycles. The standard InChI is InChI=1S/C19H18ClFN2O4S2/c1-11(17-5-6-18(20)28-17)10-29(26,27)22-15-7-8-23(19(15)25)16-4-3-13(12(2)24)9-14(16)21/h3-6,9-10,15,22H,7-8H2,1-2H3/b11-10+. The van der Waals surface area contributed by atoms with E-state index in [1.54, 1.807) is 19.1 Å². The van der Waals surface area contributed by atoms with Crippen molar-refractivity contribution in [3.8, 4) is 0 Å². The summed E-state index contributed by atoms with van der Waals surface area (Å²) in [5.41, 5.74) is 0.702. The van der Waals surface area contributed by atoms with Crippen LogP contribution < -0.4 is 9.62 Å². The number of allylic oxidation sites excluding steroid dienone is 1. The van der Waals surface area contributed by atoms with Crippen LogP contribution in [0.3, 0.4) is 0 Å². The normalized spacial score (nSPS) is 17.8. The number of carbonyl (C=O) groups is 2. The molecule has 3 rings (SSSR count). The quantitative estimate of drug-likeness (QED) is 0.669. The SMILES string of the molecule is CC(=O)c1ccc(N2CCC(NS(=O)(=O)/C=C(\C)c3ccc(Cl)s3)C2=O)c(F)c1. The number of nitrogens with zero attached hydrogens (tertiary/aromatic N) is 1. The number of benzene rings is 1. The Morgan fingerprint density at radius 3 is 2.62 bits per heavy atom. The number of amides is 1. The Kier molecular flexibility index (Phi) is 6.23. The van der Waals surface area contributed by atoms with Crippen LogP contribution in [0.2, 0.25) is 4.34 Å². The molecule has 1 aromatic heterocycles. The number of nitrogens with one attached hydrogen (secondary N) is 1. The Balaban J connectivity index is 1.75. The average Bonchev–Trinajstić information content (AvgIpc) is 3.21. The number of thiophene rings is 1. The number of hydrogen-bond acceptors (Lipinski definition) is 5. The maximum atomic E-state index is 14.4. The number of Topliss-reactive ketones (excluding diaryl/α,β-unsaturated/α-hetero) is 1. The summed E-state index contributed by atoms with van der Waals surface area (Å²) in [4.78, 5) is 25.9. The number of carbonyl (C=O) groups excluding carboxylic acids is 2. The lowest BCUT2D eigenvalue weighted by Crippen LogP contribution is -2.41. The summed E-state index contributed by atoms with van der Waals surface area (Å²) in [6, 6.07) is 6.24. The largest absolute Gasteiger partial charge is 0.308 e. The van der Waals surface area contributed by atoms with E-state index >= 15 is 0 Å². The molecular formula is C19H18ClFN2O4S2. The van der Waals surface area contributed by atoms with E-state index in [9.17, 15) is 22.4 Å². The monoisotopic (exact) mass is 456 g/mol. The maximum Gasteiger partial charge on any atom is 0.245 e. The average molecular weight is 457 g/mol. The fraction of sp³-hybridized carbons (Fsp3) is 0.263. The molecule has 0 spiro atoms. The third-order valence-corrected chi connectivity index (χ3v) is 7.09. The summed E-state index contributed by atoms with van der Waals surface area (Å²) < 4.78 is 42.2. The zero-order valence-electron chi connectivity index (χ0n) is 15.6. The molecule has 0 radical (unpaired) electrons. The molecule has 1 N–H and O–H groups in total. The lowest BCUT2D eigenvalue weighted by Gasteiger charge is -2.18. The van der Waals surface area contributed by atoms with Crippen molar-refractivity contribution in [3.63, 3.8) is 0 Å². The molecule has 0 aliphatic carbocycles. The lowest BCUT2D eigenvalue weighted by molar-refractivity contribution is -0.118. The Labute approximate surface area is 177 Å². The van der Waals surface area contributed by atoms with Gasteiger partial charge in [-0.15, -0.1) is 11.3 Å². The zero-order chi connectivity index (χ0) is 21.3. The second-order valence-corrected chi connectivity index (χ2v) is 9.90. The Morgan fingerprint density at radius 1 is 1.31 bits per heavy atom. The van der Waals surface area contributed by atoms with Gasteiger partial charge < -0.3 is 4.90 Å². The number of rotatable bonds is 6. The van der Waals surface area contributed by atoms with Gasteiger partial charge in [0, 0.05) is 17.0 Å². The Morgan fingerprint density at radius 2 is 2.03 bits per heavy atom. The summed E-state index contributed by atoms with van der Waals surface area (Å²) in [6.07, 6.45) is 0.198. The molecule has 1 aromatic carbocycles. The number of ketones is 1. The number of hydrogen-bond donors (Lipinski definition) is 1. The minimum absolute atomic E-state index is 0.0154. The first kappa shape index (κ1) is 21.6. The number of sulfonamides is 1. The molecule has 0 saturated carbocycles. The van der Waals surface area contributed by atoms with Crippen LogP contribution in [0.15, 0.2) is 35.7 Å². The molecule has 10 heteroatoms. The predicted molar refractivity (Wildman–Crippen MR) is 112 cm³/mol. The van der Waals surface area contributed by atoms with Crippen LogP contribution in [0.4, 0.5) is 10.1 Å². The summed E-state index contributed by atoms with van der Waals surface area (Å²) in [5, 5.41) is 1.05. The van der Waals surface area contributed by atoms with E-state index in [0.717, 1.165) is 11.5 Å². The summed E-state index contributed by atoms with van der Waals surface area (Å²) in [5.74, 6) is -1.55. The van der Waals surface area contributed by atoms with Crippen molar-refractivity contribution in [3.05, 3.63) is 56.3 Å². The molecule has 29 heavy (non-hydrogen) atoms. The number of halogens is 2. The molecule has 1 fully saturated rings. The van der Waals surface area contributed by atoms with Crippen molar-refractivity contribution in [1.82, 2.24) is 4.72 Å². The summed E-state index contributed by atoms with van der Waals surface area (Å²) in [6.45, 7) is 3.11. The smallest absolute Gasteiger partial charge is 0.245 e. The molecule has 2 heterocycles. The van der Waals surface area contributed by atoms with Gasteiger partial charge in [0.2, 0.25) is 15.9 Å². The van der Waals surface area contributed by atoms with Gasteiger partial charge in [0.05, 0.1) is 15.4 Å². The van der Waals surface area contributed by atoms with Crippen molar-refractivity contribution >= 4 is 55.9 Å². The molecule has 6 nitrogen and oxygen atoms in total. The van der Waals surface area contributed by atoms with Crippen LogP contribution in [-0.4, -0.2) is 32.7 Å².